The quantitative estimate of drug-likeness (QED) is 0.797. The van der Waals surface area contributed by atoms with Crippen LogP contribution in [0, 0.1) is 41.4 Å². The first-order valence-corrected chi connectivity index (χ1v) is 7.66. The van der Waals surface area contributed by atoms with Gasteiger partial charge in [-0.2, -0.15) is 0 Å². The molecule has 0 aliphatic heterocycles. The lowest BCUT2D eigenvalue weighted by Gasteiger charge is -2.43. The van der Waals surface area contributed by atoms with Crippen molar-refractivity contribution in [3.05, 3.63) is 35.9 Å². The van der Waals surface area contributed by atoms with E-state index in [0.717, 1.165) is 41.4 Å². The fraction of sp³-hybridized carbons (Fsp3) is 0.647. The number of rotatable bonds is 1. The van der Waals surface area contributed by atoms with Crippen LogP contribution in [0.1, 0.15) is 18.4 Å². The number of nitrogens with two attached hydrogens (primary N) is 1. The molecule has 0 heterocycles. The summed E-state index contributed by atoms with van der Waals surface area (Å²) in [5, 5.41) is 0. The molecule has 0 spiro atoms. The zero-order chi connectivity index (χ0) is 11.6. The van der Waals surface area contributed by atoms with Crippen LogP contribution in [-0.2, 0) is 5.41 Å². The van der Waals surface area contributed by atoms with Crippen LogP contribution in [0.25, 0.3) is 0 Å². The summed E-state index contributed by atoms with van der Waals surface area (Å²) in [4.78, 5) is 0. The van der Waals surface area contributed by atoms with Crippen molar-refractivity contribution in [2.24, 2.45) is 47.2 Å². The fourth-order valence-electron chi connectivity index (χ4n) is 8.06. The van der Waals surface area contributed by atoms with Crippen molar-refractivity contribution in [1.29, 1.82) is 0 Å². The first kappa shape index (κ1) is 9.14. The van der Waals surface area contributed by atoms with Crippen molar-refractivity contribution in [2.45, 2.75) is 24.3 Å². The van der Waals surface area contributed by atoms with Gasteiger partial charge >= 0.3 is 0 Å². The lowest BCUT2D eigenvalue weighted by atomic mass is 9.60. The highest BCUT2D eigenvalue weighted by atomic mass is 15.0. The molecule has 92 valence electrons. The van der Waals surface area contributed by atoms with Gasteiger partial charge in [0, 0.05) is 11.5 Å². The summed E-state index contributed by atoms with van der Waals surface area (Å²) >= 11 is 0. The molecule has 0 aromatic heterocycles. The number of benzene rings is 1. The molecule has 2 N–H and O–H groups in total. The van der Waals surface area contributed by atoms with Gasteiger partial charge in [-0.25, -0.2) is 0 Å². The standard InChI is InChI=1S/C17H19N/c18-16-14-11-6-9-10-7-12(13(9)14)17(16,15(10)11)8-4-2-1-3-5-8/h1-5,9-16H,6-7,18H2/t9-,10-,11+,12+,13-,14+,15+,16-,17-/m0/s1. The molecule has 1 nitrogen and oxygen atoms in total. The van der Waals surface area contributed by atoms with Gasteiger partial charge in [0.1, 0.15) is 0 Å². The Morgan fingerprint density at radius 3 is 2.61 bits per heavy atom. The highest BCUT2D eigenvalue weighted by Crippen LogP contribution is 2.86. The molecular formula is C17H19N. The predicted molar refractivity (Wildman–Crippen MR) is 69.8 cm³/mol. The van der Waals surface area contributed by atoms with Crippen LogP contribution in [0.4, 0.5) is 0 Å². The van der Waals surface area contributed by atoms with Crippen LogP contribution in [0.5, 0.6) is 0 Å². The van der Waals surface area contributed by atoms with E-state index >= 15 is 0 Å². The van der Waals surface area contributed by atoms with Crippen molar-refractivity contribution in [3.63, 3.8) is 0 Å². The van der Waals surface area contributed by atoms with Gasteiger partial charge in [-0.05, 0) is 59.8 Å². The maximum Gasteiger partial charge on any atom is 0.0176 e. The second kappa shape index (κ2) is 2.43. The van der Waals surface area contributed by atoms with E-state index in [-0.39, 0.29) is 0 Å². The molecule has 0 radical (unpaired) electrons. The van der Waals surface area contributed by atoms with Crippen molar-refractivity contribution >= 4 is 0 Å². The van der Waals surface area contributed by atoms with E-state index in [0.29, 0.717) is 11.5 Å². The minimum absolute atomic E-state index is 0.402. The maximum atomic E-state index is 6.81. The Balaban J connectivity index is 1.68. The number of hydrogen-bond acceptors (Lipinski definition) is 1. The molecule has 6 bridgehead atoms. The fourth-order valence-corrected chi connectivity index (χ4v) is 8.06. The molecule has 6 fully saturated rings. The molecule has 6 aliphatic carbocycles. The third-order valence-electron chi connectivity index (χ3n) is 7.85. The third-order valence-corrected chi connectivity index (χ3v) is 7.85. The molecule has 1 heteroatoms. The number of hydrogen-bond donors (Lipinski definition) is 1. The van der Waals surface area contributed by atoms with Gasteiger partial charge in [-0.1, -0.05) is 30.3 Å². The predicted octanol–water partition coefficient (Wildman–Crippen LogP) is 2.41. The summed E-state index contributed by atoms with van der Waals surface area (Å²) in [5.41, 5.74) is 8.80. The van der Waals surface area contributed by atoms with Gasteiger partial charge in [-0.3, -0.25) is 0 Å². The smallest absolute Gasteiger partial charge is 0.0176 e. The molecule has 0 unspecified atom stereocenters. The Labute approximate surface area is 108 Å². The van der Waals surface area contributed by atoms with E-state index in [2.05, 4.69) is 30.3 Å². The summed E-state index contributed by atoms with van der Waals surface area (Å²) in [6, 6.07) is 11.8. The van der Waals surface area contributed by atoms with Crippen LogP contribution in [0.15, 0.2) is 30.3 Å². The molecule has 1 aromatic carbocycles. The molecule has 0 saturated heterocycles. The van der Waals surface area contributed by atoms with Crippen LogP contribution in [-0.4, -0.2) is 6.04 Å². The molecule has 18 heavy (non-hydrogen) atoms. The summed E-state index contributed by atoms with van der Waals surface area (Å²) in [6.07, 6.45) is 3.04. The Kier molecular flexibility index (Phi) is 1.23. The minimum Gasteiger partial charge on any atom is -0.327 e. The van der Waals surface area contributed by atoms with E-state index in [1.165, 1.54) is 12.8 Å². The minimum atomic E-state index is 0.402. The zero-order valence-corrected chi connectivity index (χ0v) is 10.5. The molecular weight excluding hydrogens is 218 g/mol. The maximum absolute atomic E-state index is 6.81. The Bertz CT molecular complexity index is 552. The van der Waals surface area contributed by atoms with Gasteiger partial charge in [0.05, 0.1) is 0 Å². The van der Waals surface area contributed by atoms with Crippen LogP contribution in [0.2, 0.25) is 0 Å². The Morgan fingerprint density at radius 2 is 1.78 bits per heavy atom. The van der Waals surface area contributed by atoms with Crippen molar-refractivity contribution in [3.8, 4) is 0 Å². The Morgan fingerprint density at radius 1 is 0.944 bits per heavy atom. The highest BCUT2D eigenvalue weighted by molar-refractivity contribution is 5.46. The second-order valence-corrected chi connectivity index (χ2v) is 7.57. The van der Waals surface area contributed by atoms with Gasteiger partial charge < -0.3 is 5.73 Å². The normalized spacial score (nSPS) is 64.7. The van der Waals surface area contributed by atoms with Crippen LogP contribution >= 0.6 is 0 Å². The van der Waals surface area contributed by atoms with Crippen molar-refractivity contribution in [2.75, 3.05) is 0 Å². The average Bonchev–Trinajstić information content (AvgIpc) is 3.11. The van der Waals surface area contributed by atoms with E-state index in [1.807, 2.05) is 0 Å². The highest BCUT2D eigenvalue weighted by Gasteiger charge is 2.85. The van der Waals surface area contributed by atoms with Crippen LogP contribution in [0.3, 0.4) is 0 Å². The van der Waals surface area contributed by atoms with Gasteiger partial charge in [0.25, 0.3) is 0 Å². The zero-order valence-electron chi connectivity index (χ0n) is 10.5. The molecule has 6 saturated carbocycles. The SMILES string of the molecule is N[C@H]1[C@@H]2[C@H]3C[C@H]4[C@@H]5C[C@H]([C@H]42)[C@@]1(c1ccccc1)[C@@H]35. The lowest BCUT2D eigenvalue weighted by Crippen LogP contribution is -2.46. The van der Waals surface area contributed by atoms with Gasteiger partial charge in [0.2, 0.25) is 0 Å². The summed E-state index contributed by atoms with van der Waals surface area (Å²) in [6.45, 7) is 0. The molecule has 0 amide bonds. The third kappa shape index (κ3) is 0.602. The average molecular weight is 237 g/mol. The monoisotopic (exact) mass is 237 g/mol. The van der Waals surface area contributed by atoms with E-state index in [1.54, 1.807) is 5.56 Å². The second-order valence-electron chi connectivity index (χ2n) is 7.57. The largest absolute Gasteiger partial charge is 0.327 e. The first-order chi connectivity index (χ1) is 8.85. The topological polar surface area (TPSA) is 26.0 Å². The summed E-state index contributed by atoms with van der Waals surface area (Å²) in [5.74, 6) is 6.94. The first-order valence-electron chi connectivity index (χ1n) is 7.66. The van der Waals surface area contributed by atoms with E-state index in [4.69, 9.17) is 5.73 Å². The van der Waals surface area contributed by atoms with Crippen LogP contribution < -0.4 is 5.73 Å². The molecule has 7 rings (SSSR count). The molecule has 9 atom stereocenters. The Hall–Kier alpha value is -0.820. The summed E-state index contributed by atoms with van der Waals surface area (Å²) < 4.78 is 0. The summed E-state index contributed by atoms with van der Waals surface area (Å²) in [7, 11) is 0. The van der Waals surface area contributed by atoms with Gasteiger partial charge in [0.15, 0.2) is 0 Å². The van der Waals surface area contributed by atoms with E-state index in [9.17, 15) is 0 Å². The molecule has 1 aromatic rings. The van der Waals surface area contributed by atoms with Crippen molar-refractivity contribution in [1.82, 2.24) is 0 Å². The van der Waals surface area contributed by atoms with Crippen molar-refractivity contribution < 1.29 is 0 Å². The molecule has 6 aliphatic rings. The van der Waals surface area contributed by atoms with Gasteiger partial charge in [-0.15, -0.1) is 0 Å². The lowest BCUT2D eigenvalue weighted by molar-refractivity contribution is 0.107. The van der Waals surface area contributed by atoms with E-state index < -0.39 is 0 Å².